The van der Waals surface area contributed by atoms with Gasteiger partial charge in [0, 0.05) is 22.0 Å². The van der Waals surface area contributed by atoms with Crippen LogP contribution in [0, 0.1) is 6.92 Å². The van der Waals surface area contributed by atoms with Crippen LogP contribution in [-0.4, -0.2) is 34.7 Å². The number of hydrogen-bond acceptors (Lipinski definition) is 6. The summed E-state index contributed by atoms with van der Waals surface area (Å²) in [7, 11) is 0. The number of halogens is 1. The van der Waals surface area contributed by atoms with E-state index >= 15 is 0 Å². The summed E-state index contributed by atoms with van der Waals surface area (Å²) in [5, 5.41) is 7.96. The Hall–Kier alpha value is -3.32. The molecule has 3 rings (SSSR count). The van der Waals surface area contributed by atoms with Crippen molar-refractivity contribution in [1.29, 1.82) is 0 Å². The molecule has 0 amide bonds. The van der Waals surface area contributed by atoms with E-state index < -0.39 is 5.97 Å². The fourth-order valence-electron chi connectivity index (χ4n) is 2.80. The van der Waals surface area contributed by atoms with E-state index in [4.69, 9.17) is 22.1 Å². The molecule has 0 saturated carbocycles. The topological polar surface area (TPSA) is 99.2 Å². The van der Waals surface area contributed by atoms with Crippen molar-refractivity contribution < 1.29 is 14.3 Å². The molecule has 8 heteroatoms. The maximum absolute atomic E-state index is 12.5. The highest BCUT2D eigenvalue weighted by Crippen LogP contribution is 2.22. The lowest BCUT2D eigenvalue weighted by Gasteiger charge is -2.10. The number of benzene rings is 2. The molecule has 150 valence electrons. The lowest BCUT2D eigenvalue weighted by molar-refractivity contribution is 0.0519. The molecule has 0 fully saturated rings. The zero-order valence-electron chi connectivity index (χ0n) is 16.1. The van der Waals surface area contributed by atoms with Gasteiger partial charge < -0.3 is 15.8 Å². The third-order valence-electron chi connectivity index (χ3n) is 4.25. The molecule has 0 saturated heterocycles. The number of ketones is 1. The number of carbonyl (C=O) groups is 2. The van der Waals surface area contributed by atoms with Crippen LogP contribution in [0.1, 0.15) is 33.5 Å². The second-order valence-electron chi connectivity index (χ2n) is 6.36. The Balaban J connectivity index is 1.75. The third kappa shape index (κ3) is 4.75. The van der Waals surface area contributed by atoms with Crippen molar-refractivity contribution >= 4 is 34.7 Å². The number of Topliss-reactive ketones (excluding diaryl/α,β-unsaturated/α-hetero) is 1. The van der Waals surface area contributed by atoms with Gasteiger partial charge in [0.15, 0.2) is 11.5 Å². The van der Waals surface area contributed by atoms with Crippen LogP contribution in [0.4, 0.5) is 11.4 Å². The first-order chi connectivity index (χ1) is 13.9. The second kappa shape index (κ2) is 8.79. The molecule has 1 aromatic heterocycles. The molecule has 0 aliphatic rings. The Bertz CT molecular complexity index is 1040. The Morgan fingerprint density at radius 3 is 2.55 bits per heavy atom. The standard InChI is InChI=1S/C21H21ClN4O3/c1-3-29-21(28)18-10-13(2)26(25-18)19-9-4-14(11-17(19)23)20(27)12-24-16-7-5-15(22)6-8-16/h4-11,24H,3,12,23H2,1-2H3. The van der Waals surface area contributed by atoms with Gasteiger partial charge in [-0.3, -0.25) is 4.79 Å². The summed E-state index contributed by atoms with van der Waals surface area (Å²) in [4.78, 5) is 24.4. The number of ether oxygens (including phenoxy) is 1. The van der Waals surface area contributed by atoms with Gasteiger partial charge in [-0.1, -0.05) is 11.6 Å². The van der Waals surface area contributed by atoms with Gasteiger partial charge in [0.2, 0.25) is 0 Å². The van der Waals surface area contributed by atoms with E-state index in [9.17, 15) is 9.59 Å². The average molecular weight is 413 g/mol. The molecule has 0 aliphatic carbocycles. The second-order valence-corrected chi connectivity index (χ2v) is 6.80. The van der Waals surface area contributed by atoms with E-state index in [-0.39, 0.29) is 24.6 Å². The molecule has 0 spiro atoms. The molecule has 2 aromatic carbocycles. The van der Waals surface area contributed by atoms with Gasteiger partial charge in [0.25, 0.3) is 0 Å². The molecule has 3 aromatic rings. The molecule has 3 N–H and O–H groups in total. The third-order valence-corrected chi connectivity index (χ3v) is 4.50. The molecule has 1 heterocycles. The van der Waals surface area contributed by atoms with Crippen LogP contribution in [0.5, 0.6) is 0 Å². The van der Waals surface area contributed by atoms with Crippen molar-refractivity contribution in [2.75, 3.05) is 24.2 Å². The minimum Gasteiger partial charge on any atom is -0.461 e. The summed E-state index contributed by atoms with van der Waals surface area (Å²) >= 11 is 5.86. The van der Waals surface area contributed by atoms with Crippen LogP contribution in [0.2, 0.25) is 5.02 Å². The molecule has 7 nitrogen and oxygen atoms in total. The van der Waals surface area contributed by atoms with Crippen LogP contribution in [0.3, 0.4) is 0 Å². The van der Waals surface area contributed by atoms with Crippen molar-refractivity contribution in [2.24, 2.45) is 0 Å². The number of nitrogens with one attached hydrogen (secondary N) is 1. The van der Waals surface area contributed by atoms with Gasteiger partial charge in [-0.2, -0.15) is 5.10 Å². The van der Waals surface area contributed by atoms with Gasteiger partial charge in [-0.05, 0) is 62.4 Å². The number of hydrogen-bond donors (Lipinski definition) is 2. The van der Waals surface area contributed by atoms with Crippen LogP contribution in [-0.2, 0) is 4.74 Å². The highest BCUT2D eigenvalue weighted by Gasteiger charge is 2.16. The molecular weight excluding hydrogens is 392 g/mol. The molecule has 0 atom stereocenters. The lowest BCUT2D eigenvalue weighted by Crippen LogP contribution is -2.15. The SMILES string of the molecule is CCOC(=O)c1cc(C)n(-c2ccc(C(=O)CNc3ccc(Cl)cc3)cc2N)n1. The van der Waals surface area contributed by atoms with E-state index in [1.807, 2.05) is 6.92 Å². The number of nitrogens with two attached hydrogens (primary N) is 1. The fraction of sp³-hybridized carbons (Fsp3) is 0.190. The molecule has 0 unspecified atom stereocenters. The number of anilines is 2. The number of nitrogens with zero attached hydrogens (tertiary/aromatic N) is 2. The molecule has 29 heavy (non-hydrogen) atoms. The summed E-state index contributed by atoms with van der Waals surface area (Å²) in [6.07, 6.45) is 0. The van der Waals surface area contributed by atoms with Crippen molar-refractivity contribution in [3.8, 4) is 5.69 Å². The Morgan fingerprint density at radius 2 is 1.90 bits per heavy atom. The van der Waals surface area contributed by atoms with Crippen molar-refractivity contribution in [3.05, 3.63) is 70.5 Å². The van der Waals surface area contributed by atoms with Crippen molar-refractivity contribution in [3.63, 3.8) is 0 Å². The Labute approximate surface area is 173 Å². The first-order valence-electron chi connectivity index (χ1n) is 9.05. The van der Waals surface area contributed by atoms with Crippen molar-refractivity contribution in [1.82, 2.24) is 9.78 Å². The minimum atomic E-state index is -0.493. The van der Waals surface area contributed by atoms with Gasteiger partial charge >= 0.3 is 5.97 Å². The van der Waals surface area contributed by atoms with Gasteiger partial charge in [-0.25, -0.2) is 9.48 Å². The van der Waals surface area contributed by atoms with Crippen LogP contribution in [0.15, 0.2) is 48.5 Å². The fourth-order valence-corrected chi connectivity index (χ4v) is 2.92. The number of esters is 1. The highest BCUT2D eigenvalue weighted by molar-refractivity contribution is 6.30. The molecule has 0 radical (unpaired) electrons. The largest absolute Gasteiger partial charge is 0.461 e. The molecule has 0 aliphatic heterocycles. The predicted molar refractivity (Wildman–Crippen MR) is 113 cm³/mol. The molecular formula is C21H21ClN4O3. The van der Waals surface area contributed by atoms with Crippen LogP contribution in [0.25, 0.3) is 5.69 Å². The first kappa shape index (κ1) is 20.4. The number of aryl methyl sites for hydroxylation is 1. The van der Waals surface area contributed by atoms with E-state index in [0.717, 1.165) is 11.4 Å². The lowest BCUT2D eigenvalue weighted by atomic mass is 10.1. The summed E-state index contributed by atoms with van der Waals surface area (Å²) in [6.45, 7) is 3.93. The van der Waals surface area contributed by atoms with E-state index in [1.165, 1.54) is 0 Å². The van der Waals surface area contributed by atoms with Crippen LogP contribution >= 0.6 is 11.6 Å². The first-order valence-corrected chi connectivity index (χ1v) is 9.43. The summed E-state index contributed by atoms with van der Waals surface area (Å²) in [5.74, 6) is -0.601. The summed E-state index contributed by atoms with van der Waals surface area (Å²) < 4.78 is 6.54. The number of carbonyl (C=O) groups excluding carboxylic acids is 2. The monoisotopic (exact) mass is 412 g/mol. The summed E-state index contributed by atoms with van der Waals surface area (Å²) in [6, 6.07) is 13.7. The quantitative estimate of drug-likeness (QED) is 0.347. The minimum absolute atomic E-state index is 0.109. The smallest absolute Gasteiger partial charge is 0.358 e. The maximum Gasteiger partial charge on any atom is 0.358 e. The Kier molecular flexibility index (Phi) is 6.19. The number of aromatic nitrogens is 2. The van der Waals surface area contributed by atoms with Gasteiger partial charge in [-0.15, -0.1) is 0 Å². The van der Waals surface area contributed by atoms with E-state index in [0.29, 0.717) is 22.0 Å². The number of rotatable bonds is 7. The normalized spacial score (nSPS) is 10.6. The Morgan fingerprint density at radius 1 is 1.17 bits per heavy atom. The molecule has 0 bridgehead atoms. The zero-order valence-corrected chi connectivity index (χ0v) is 16.9. The maximum atomic E-state index is 12.5. The van der Waals surface area contributed by atoms with E-state index in [2.05, 4.69) is 10.4 Å². The summed E-state index contributed by atoms with van der Waals surface area (Å²) in [5.41, 5.74) is 9.33. The van der Waals surface area contributed by atoms with Crippen molar-refractivity contribution in [2.45, 2.75) is 13.8 Å². The predicted octanol–water partition coefficient (Wildman–Crippen LogP) is 3.89. The zero-order chi connectivity index (χ0) is 21.0. The van der Waals surface area contributed by atoms with Gasteiger partial charge in [0.1, 0.15) is 0 Å². The van der Waals surface area contributed by atoms with Gasteiger partial charge in [0.05, 0.1) is 24.5 Å². The average Bonchev–Trinajstić information content (AvgIpc) is 3.09. The highest BCUT2D eigenvalue weighted by atomic mass is 35.5. The van der Waals surface area contributed by atoms with E-state index in [1.54, 1.807) is 60.1 Å². The number of nitrogen functional groups attached to an aromatic ring is 1. The van der Waals surface area contributed by atoms with Crippen LogP contribution < -0.4 is 11.1 Å².